The van der Waals surface area contributed by atoms with Crippen LogP contribution in [0, 0.1) is 14.9 Å². The summed E-state index contributed by atoms with van der Waals surface area (Å²) in [5.74, 6) is 0.786. The minimum atomic E-state index is -1.75. The third kappa shape index (κ3) is 4.97. The van der Waals surface area contributed by atoms with Gasteiger partial charge in [-0.2, -0.15) is 10.4 Å². The molecule has 0 aliphatic rings. The highest BCUT2D eigenvalue weighted by Gasteiger charge is 2.36. The number of hydrogen-bond acceptors (Lipinski definition) is 4. The van der Waals surface area contributed by atoms with Gasteiger partial charge in [-0.15, -0.1) is 0 Å². The van der Waals surface area contributed by atoms with Crippen LogP contribution in [0.3, 0.4) is 0 Å². The van der Waals surface area contributed by atoms with Crippen molar-refractivity contribution < 1.29 is 9.16 Å². The largest absolute Gasteiger partial charge is 0.493 e. The molecule has 0 saturated heterocycles. The zero-order valence-electron chi connectivity index (χ0n) is 19.1. The van der Waals surface area contributed by atoms with Crippen LogP contribution in [-0.2, 0) is 11.5 Å². The smallest absolute Gasteiger partial charge is 0.191 e. The molecule has 164 valence electrons. The predicted molar refractivity (Wildman–Crippen MR) is 137 cm³/mol. The fourth-order valence-electron chi connectivity index (χ4n) is 3.27. The summed E-state index contributed by atoms with van der Waals surface area (Å²) in [7, 11) is 0.145. The van der Waals surface area contributed by atoms with E-state index in [1.54, 1.807) is 0 Å². The third-order valence-corrected chi connectivity index (χ3v) is 11.4. The van der Waals surface area contributed by atoms with Gasteiger partial charge in [-0.05, 0) is 46.8 Å². The quantitative estimate of drug-likeness (QED) is 0.192. The summed E-state index contributed by atoms with van der Waals surface area (Å²) in [5, 5.41) is 16.3. The predicted octanol–water partition coefficient (Wildman–Crippen LogP) is 6.51. The Kier molecular flexibility index (Phi) is 7.13. The van der Waals surface area contributed by atoms with Crippen LogP contribution >= 0.6 is 22.6 Å². The zero-order valence-corrected chi connectivity index (χ0v) is 22.3. The van der Waals surface area contributed by atoms with Gasteiger partial charge < -0.3 is 9.16 Å². The number of ether oxygens (including phenoxy) is 1. The van der Waals surface area contributed by atoms with Gasteiger partial charge in [0.2, 0.25) is 0 Å². The summed E-state index contributed by atoms with van der Waals surface area (Å²) in [4.78, 5) is 0. The van der Waals surface area contributed by atoms with Crippen molar-refractivity contribution >= 4 is 41.7 Å². The highest BCUT2D eigenvalue weighted by Crippen LogP contribution is 2.38. The van der Waals surface area contributed by atoms with Crippen LogP contribution in [0.5, 0.6) is 5.75 Å². The van der Waals surface area contributed by atoms with Crippen molar-refractivity contribution in [1.82, 2.24) is 9.78 Å². The first-order valence-electron chi connectivity index (χ1n) is 10.5. The lowest BCUT2D eigenvalue weighted by molar-refractivity contribution is 0.235. The molecule has 0 amide bonds. The molecule has 0 spiro atoms. The van der Waals surface area contributed by atoms with Gasteiger partial charge >= 0.3 is 0 Å². The molecule has 7 heteroatoms. The summed E-state index contributed by atoms with van der Waals surface area (Å²) in [6.07, 6.45) is 2.63. The van der Waals surface area contributed by atoms with Crippen LogP contribution in [-0.4, -0.2) is 31.3 Å². The molecule has 0 saturated carbocycles. The molecule has 0 fully saturated rings. The molecule has 0 aliphatic heterocycles. The van der Waals surface area contributed by atoms with E-state index in [2.05, 4.69) is 67.6 Å². The molecule has 3 aromatic rings. The third-order valence-electron chi connectivity index (χ3n) is 6.08. The normalized spacial score (nSPS) is 12.2. The lowest BCUT2D eigenvalue weighted by atomic mass is 9.97. The molecule has 1 heterocycles. The maximum Gasteiger partial charge on any atom is 0.191 e. The maximum absolute atomic E-state index is 9.94. The molecule has 0 N–H and O–H groups in total. The number of rotatable bonds is 7. The van der Waals surface area contributed by atoms with Crippen molar-refractivity contribution in [3.8, 4) is 23.1 Å². The molecule has 31 heavy (non-hydrogen) atoms. The summed E-state index contributed by atoms with van der Waals surface area (Å²) in [5.41, 5.74) is 2.41. The van der Waals surface area contributed by atoms with Gasteiger partial charge in [0, 0.05) is 36.4 Å². The number of nitriles is 1. The average molecular weight is 548 g/mol. The molecule has 0 aliphatic carbocycles. The summed E-state index contributed by atoms with van der Waals surface area (Å²) in [6.45, 7) is 12.5. The number of halogens is 1. The average Bonchev–Trinajstić information content (AvgIpc) is 3.04. The van der Waals surface area contributed by atoms with Crippen molar-refractivity contribution in [2.24, 2.45) is 7.05 Å². The van der Waals surface area contributed by atoms with Gasteiger partial charge in [0.05, 0.1) is 27.6 Å². The number of fused-ring (bicyclic) bond motifs is 1. The standard InChI is InChI=1S/C24H30IN3O2Si/c1-24(2,3)31(5,6)30-13-9-12-29-22-14-19(23-21(25)16-27-28(23)4)20(15-26)17-10-7-8-11-18(17)22/h7-8,10-11,14,16H,9,12-13H2,1-6H3. The van der Waals surface area contributed by atoms with Gasteiger partial charge in [0.15, 0.2) is 8.32 Å². The van der Waals surface area contributed by atoms with Crippen LogP contribution in [0.1, 0.15) is 32.8 Å². The highest BCUT2D eigenvalue weighted by molar-refractivity contribution is 14.1. The van der Waals surface area contributed by atoms with E-state index in [4.69, 9.17) is 9.16 Å². The lowest BCUT2D eigenvalue weighted by Crippen LogP contribution is -2.41. The maximum atomic E-state index is 9.94. The van der Waals surface area contributed by atoms with Gasteiger partial charge in [0.25, 0.3) is 0 Å². The highest BCUT2D eigenvalue weighted by atomic mass is 127. The van der Waals surface area contributed by atoms with Crippen LogP contribution in [0.15, 0.2) is 36.5 Å². The second-order valence-electron chi connectivity index (χ2n) is 9.23. The molecular formula is C24H30IN3O2Si. The van der Waals surface area contributed by atoms with Gasteiger partial charge in [-0.3, -0.25) is 4.68 Å². The zero-order chi connectivity index (χ0) is 22.8. The molecule has 0 bridgehead atoms. The van der Waals surface area contributed by atoms with E-state index in [9.17, 15) is 5.26 Å². The van der Waals surface area contributed by atoms with Gasteiger partial charge in [-0.1, -0.05) is 45.0 Å². The number of aryl methyl sites for hydroxylation is 1. The molecule has 0 radical (unpaired) electrons. The number of nitrogens with zero attached hydrogens (tertiary/aromatic N) is 3. The van der Waals surface area contributed by atoms with Crippen molar-refractivity contribution in [2.45, 2.75) is 45.3 Å². The Morgan fingerprint density at radius 3 is 2.42 bits per heavy atom. The monoisotopic (exact) mass is 547 g/mol. The van der Waals surface area contributed by atoms with Crippen molar-refractivity contribution in [1.29, 1.82) is 5.26 Å². The van der Waals surface area contributed by atoms with E-state index in [1.807, 2.05) is 48.3 Å². The Morgan fingerprint density at radius 1 is 1.16 bits per heavy atom. The van der Waals surface area contributed by atoms with Crippen LogP contribution in [0.2, 0.25) is 18.1 Å². The summed E-state index contributed by atoms with van der Waals surface area (Å²) < 4.78 is 15.3. The first-order chi connectivity index (χ1) is 14.6. The lowest BCUT2D eigenvalue weighted by Gasteiger charge is -2.36. The number of aromatic nitrogens is 2. The molecule has 2 aromatic carbocycles. The Labute approximate surface area is 199 Å². The Hall–Kier alpha value is -1.89. The van der Waals surface area contributed by atoms with Crippen LogP contribution < -0.4 is 4.74 Å². The topological polar surface area (TPSA) is 60.1 Å². The van der Waals surface area contributed by atoms with Crippen molar-refractivity contribution in [3.63, 3.8) is 0 Å². The first kappa shape index (κ1) is 23.8. The second-order valence-corrected chi connectivity index (χ2v) is 15.2. The minimum absolute atomic E-state index is 0.201. The molecule has 0 unspecified atom stereocenters. The van der Waals surface area contributed by atoms with Crippen LogP contribution in [0.4, 0.5) is 0 Å². The molecule has 1 aromatic heterocycles. The van der Waals surface area contributed by atoms with E-state index in [0.29, 0.717) is 18.8 Å². The fraction of sp³-hybridized carbons (Fsp3) is 0.417. The van der Waals surface area contributed by atoms with E-state index in [0.717, 1.165) is 37.8 Å². The molecule has 3 rings (SSSR count). The Balaban J connectivity index is 1.87. The van der Waals surface area contributed by atoms with E-state index in [-0.39, 0.29) is 5.04 Å². The van der Waals surface area contributed by atoms with Crippen LogP contribution in [0.25, 0.3) is 22.0 Å². The van der Waals surface area contributed by atoms with Gasteiger partial charge in [-0.25, -0.2) is 0 Å². The summed E-state index contributed by atoms with van der Waals surface area (Å²) >= 11 is 2.26. The van der Waals surface area contributed by atoms with Crippen molar-refractivity contribution in [2.75, 3.05) is 13.2 Å². The first-order valence-corrected chi connectivity index (χ1v) is 14.5. The number of benzene rings is 2. The fourth-order valence-corrected chi connectivity index (χ4v) is 5.12. The number of hydrogen-bond donors (Lipinski definition) is 0. The molecule has 5 nitrogen and oxygen atoms in total. The minimum Gasteiger partial charge on any atom is -0.493 e. The summed E-state index contributed by atoms with van der Waals surface area (Å²) in [6, 6.07) is 12.3. The second kappa shape index (κ2) is 9.31. The van der Waals surface area contributed by atoms with E-state index >= 15 is 0 Å². The van der Waals surface area contributed by atoms with Crippen molar-refractivity contribution in [3.05, 3.63) is 45.7 Å². The molecular weight excluding hydrogens is 517 g/mol. The Bertz CT molecular complexity index is 1110. The molecule has 0 atom stereocenters. The SMILES string of the molecule is Cn1ncc(I)c1-c1cc(OCCCO[Si](C)(C)C(C)(C)C)c2ccccc2c1C#N. The van der Waals surface area contributed by atoms with E-state index < -0.39 is 8.32 Å². The van der Waals surface area contributed by atoms with E-state index in [1.165, 1.54) is 0 Å². The van der Waals surface area contributed by atoms with Gasteiger partial charge in [0.1, 0.15) is 11.8 Å². The Morgan fingerprint density at radius 2 is 1.84 bits per heavy atom.